The maximum absolute atomic E-state index is 5.22. The molecule has 11 heavy (non-hydrogen) atoms. The molecule has 0 bridgehead atoms. The van der Waals surface area contributed by atoms with E-state index in [-0.39, 0.29) is 6.10 Å². The summed E-state index contributed by atoms with van der Waals surface area (Å²) in [5.74, 6) is 0. The molecule has 0 saturated carbocycles. The SMILES string of the molecule is CCC(OC)c1ccccn1. The van der Waals surface area contributed by atoms with Crippen molar-refractivity contribution in [3.8, 4) is 0 Å². The number of nitrogens with zero attached hydrogens (tertiary/aromatic N) is 1. The first-order valence-corrected chi connectivity index (χ1v) is 3.82. The highest BCUT2D eigenvalue weighted by Gasteiger charge is 2.06. The van der Waals surface area contributed by atoms with E-state index in [0.717, 1.165) is 12.1 Å². The number of hydrogen-bond donors (Lipinski definition) is 0. The molecule has 0 N–H and O–H groups in total. The van der Waals surface area contributed by atoms with Gasteiger partial charge < -0.3 is 4.74 Å². The molecule has 1 aromatic rings. The standard InChI is InChI=1S/C9H13NO/c1-3-9(11-2)8-6-4-5-7-10-8/h4-7,9H,3H2,1-2H3. The molecule has 0 aliphatic carbocycles. The predicted molar refractivity (Wildman–Crippen MR) is 44.3 cm³/mol. The van der Waals surface area contributed by atoms with E-state index in [9.17, 15) is 0 Å². The number of pyridine rings is 1. The highest BCUT2D eigenvalue weighted by molar-refractivity contribution is 5.06. The molecule has 0 aliphatic rings. The Bertz CT molecular complexity index is 194. The van der Waals surface area contributed by atoms with Crippen molar-refractivity contribution in [3.05, 3.63) is 30.1 Å². The molecular formula is C9H13NO. The summed E-state index contributed by atoms with van der Waals surface area (Å²) in [4.78, 5) is 4.20. The molecule has 0 amide bonds. The number of aromatic nitrogens is 1. The smallest absolute Gasteiger partial charge is 0.0988 e. The van der Waals surface area contributed by atoms with Crippen molar-refractivity contribution < 1.29 is 4.74 Å². The largest absolute Gasteiger partial charge is 0.375 e. The molecule has 1 atom stereocenters. The van der Waals surface area contributed by atoms with E-state index in [1.54, 1.807) is 13.3 Å². The molecule has 0 saturated heterocycles. The lowest BCUT2D eigenvalue weighted by atomic mass is 10.2. The third-order valence-corrected chi connectivity index (χ3v) is 1.67. The maximum atomic E-state index is 5.22. The van der Waals surface area contributed by atoms with Gasteiger partial charge in [-0.25, -0.2) is 0 Å². The molecule has 1 unspecified atom stereocenters. The summed E-state index contributed by atoms with van der Waals surface area (Å²) in [5.41, 5.74) is 1.01. The van der Waals surface area contributed by atoms with Gasteiger partial charge in [0.25, 0.3) is 0 Å². The van der Waals surface area contributed by atoms with Crippen LogP contribution in [0.15, 0.2) is 24.4 Å². The number of ether oxygens (including phenoxy) is 1. The zero-order valence-corrected chi connectivity index (χ0v) is 6.95. The van der Waals surface area contributed by atoms with Crippen molar-refractivity contribution in [1.29, 1.82) is 0 Å². The first-order valence-electron chi connectivity index (χ1n) is 3.82. The fourth-order valence-electron chi connectivity index (χ4n) is 1.06. The van der Waals surface area contributed by atoms with Crippen molar-refractivity contribution in [1.82, 2.24) is 4.98 Å². The van der Waals surface area contributed by atoms with Crippen molar-refractivity contribution in [2.45, 2.75) is 19.4 Å². The van der Waals surface area contributed by atoms with Crippen LogP contribution >= 0.6 is 0 Å². The highest BCUT2D eigenvalue weighted by Crippen LogP contribution is 2.16. The molecule has 1 heterocycles. The van der Waals surface area contributed by atoms with Crippen molar-refractivity contribution >= 4 is 0 Å². The van der Waals surface area contributed by atoms with Gasteiger partial charge in [0.1, 0.15) is 0 Å². The van der Waals surface area contributed by atoms with E-state index in [4.69, 9.17) is 4.74 Å². The zero-order valence-electron chi connectivity index (χ0n) is 6.95. The topological polar surface area (TPSA) is 22.1 Å². The molecular weight excluding hydrogens is 138 g/mol. The van der Waals surface area contributed by atoms with Gasteiger partial charge in [0, 0.05) is 13.3 Å². The van der Waals surface area contributed by atoms with Crippen molar-refractivity contribution in [3.63, 3.8) is 0 Å². The minimum absolute atomic E-state index is 0.149. The van der Waals surface area contributed by atoms with Crippen LogP contribution in [-0.4, -0.2) is 12.1 Å². The first-order chi connectivity index (χ1) is 5.38. The van der Waals surface area contributed by atoms with Crippen LogP contribution in [-0.2, 0) is 4.74 Å². The van der Waals surface area contributed by atoms with Gasteiger partial charge >= 0.3 is 0 Å². The Labute approximate surface area is 67.2 Å². The van der Waals surface area contributed by atoms with Crippen molar-refractivity contribution in [2.75, 3.05) is 7.11 Å². The van der Waals surface area contributed by atoms with Gasteiger partial charge in [0.2, 0.25) is 0 Å². The fraction of sp³-hybridized carbons (Fsp3) is 0.444. The highest BCUT2D eigenvalue weighted by atomic mass is 16.5. The van der Waals surface area contributed by atoms with Crippen LogP contribution in [0.2, 0.25) is 0 Å². The molecule has 0 aromatic carbocycles. The van der Waals surface area contributed by atoms with Crippen LogP contribution in [0, 0.1) is 0 Å². The number of hydrogen-bond acceptors (Lipinski definition) is 2. The van der Waals surface area contributed by atoms with E-state index in [0.29, 0.717) is 0 Å². The normalized spacial score (nSPS) is 12.9. The van der Waals surface area contributed by atoms with Gasteiger partial charge in [-0.05, 0) is 18.6 Å². The predicted octanol–water partition coefficient (Wildman–Crippen LogP) is 2.18. The zero-order chi connectivity index (χ0) is 8.10. The Morgan fingerprint density at radius 2 is 2.36 bits per heavy atom. The van der Waals surface area contributed by atoms with Crippen LogP contribution in [0.5, 0.6) is 0 Å². The quantitative estimate of drug-likeness (QED) is 0.660. The van der Waals surface area contributed by atoms with Crippen LogP contribution in [0.3, 0.4) is 0 Å². The van der Waals surface area contributed by atoms with E-state index >= 15 is 0 Å². The monoisotopic (exact) mass is 151 g/mol. The Hall–Kier alpha value is -0.890. The number of methoxy groups -OCH3 is 1. The first kappa shape index (κ1) is 8.21. The Morgan fingerprint density at radius 3 is 2.82 bits per heavy atom. The van der Waals surface area contributed by atoms with E-state index in [1.165, 1.54) is 0 Å². The molecule has 60 valence electrons. The Morgan fingerprint density at radius 1 is 1.55 bits per heavy atom. The molecule has 0 radical (unpaired) electrons. The Balaban J connectivity index is 2.74. The molecule has 1 rings (SSSR count). The van der Waals surface area contributed by atoms with Crippen molar-refractivity contribution in [2.24, 2.45) is 0 Å². The van der Waals surface area contributed by atoms with Gasteiger partial charge in [0.15, 0.2) is 0 Å². The molecule has 2 nitrogen and oxygen atoms in total. The van der Waals surface area contributed by atoms with Crippen LogP contribution in [0.1, 0.15) is 25.1 Å². The van der Waals surface area contributed by atoms with Crippen LogP contribution in [0.25, 0.3) is 0 Å². The van der Waals surface area contributed by atoms with E-state index in [1.807, 2.05) is 18.2 Å². The van der Waals surface area contributed by atoms with E-state index < -0.39 is 0 Å². The van der Waals surface area contributed by atoms with Gasteiger partial charge in [-0.15, -0.1) is 0 Å². The summed E-state index contributed by atoms with van der Waals surface area (Å²) >= 11 is 0. The lowest BCUT2D eigenvalue weighted by Crippen LogP contribution is -2.01. The summed E-state index contributed by atoms with van der Waals surface area (Å²) < 4.78 is 5.22. The Kier molecular flexibility index (Phi) is 3.05. The molecule has 0 aliphatic heterocycles. The summed E-state index contributed by atoms with van der Waals surface area (Å²) in [6.07, 6.45) is 2.90. The van der Waals surface area contributed by atoms with Gasteiger partial charge in [-0.2, -0.15) is 0 Å². The van der Waals surface area contributed by atoms with Crippen LogP contribution in [0.4, 0.5) is 0 Å². The van der Waals surface area contributed by atoms with Crippen LogP contribution < -0.4 is 0 Å². The fourth-order valence-corrected chi connectivity index (χ4v) is 1.06. The molecule has 0 spiro atoms. The van der Waals surface area contributed by atoms with Gasteiger partial charge in [0.05, 0.1) is 11.8 Å². The minimum Gasteiger partial charge on any atom is -0.375 e. The maximum Gasteiger partial charge on any atom is 0.0988 e. The van der Waals surface area contributed by atoms with Gasteiger partial charge in [-0.3, -0.25) is 4.98 Å². The molecule has 0 fully saturated rings. The van der Waals surface area contributed by atoms with E-state index in [2.05, 4.69) is 11.9 Å². The second-order valence-corrected chi connectivity index (χ2v) is 2.39. The summed E-state index contributed by atoms with van der Waals surface area (Å²) in [6.45, 7) is 2.09. The molecule has 2 heteroatoms. The summed E-state index contributed by atoms with van der Waals surface area (Å²) in [5, 5.41) is 0. The lowest BCUT2D eigenvalue weighted by Gasteiger charge is -2.10. The summed E-state index contributed by atoms with van der Waals surface area (Å²) in [6, 6.07) is 5.87. The lowest BCUT2D eigenvalue weighted by molar-refractivity contribution is 0.0965. The molecule has 1 aromatic heterocycles. The summed E-state index contributed by atoms with van der Waals surface area (Å²) in [7, 11) is 1.71. The minimum atomic E-state index is 0.149. The second-order valence-electron chi connectivity index (χ2n) is 2.39. The number of rotatable bonds is 3. The average molecular weight is 151 g/mol. The third kappa shape index (κ3) is 2.02. The second kappa shape index (κ2) is 4.09. The average Bonchev–Trinajstić information content (AvgIpc) is 2.09. The van der Waals surface area contributed by atoms with Gasteiger partial charge in [-0.1, -0.05) is 13.0 Å². The third-order valence-electron chi connectivity index (χ3n) is 1.67.